The fourth-order valence-corrected chi connectivity index (χ4v) is 2.54. The van der Waals surface area contributed by atoms with E-state index in [9.17, 15) is 4.79 Å². The fourth-order valence-electron chi connectivity index (χ4n) is 2.54. The van der Waals surface area contributed by atoms with Gasteiger partial charge in [-0.2, -0.15) is 0 Å². The van der Waals surface area contributed by atoms with Crippen molar-refractivity contribution in [3.8, 4) is 23.0 Å². The summed E-state index contributed by atoms with van der Waals surface area (Å²) in [7, 11) is 3.18. The number of benzene rings is 2. The number of carbonyl (C=O) groups excluding carboxylic acids is 1. The Balaban J connectivity index is 1.63. The van der Waals surface area contributed by atoms with Gasteiger partial charge in [0.25, 0.3) is 5.89 Å². The van der Waals surface area contributed by atoms with E-state index in [0.29, 0.717) is 24.3 Å². The van der Waals surface area contributed by atoms with E-state index >= 15 is 0 Å². The van der Waals surface area contributed by atoms with Crippen LogP contribution in [-0.4, -0.2) is 36.9 Å². The number of carbonyl (C=O) groups is 1. The Kier molecular flexibility index (Phi) is 5.48. The van der Waals surface area contributed by atoms with Crippen LogP contribution in [0.3, 0.4) is 0 Å². The van der Waals surface area contributed by atoms with Crippen LogP contribution in [0.15, 0.2) is 52.9 Å². The van der Waals surface area contributed by atoms with Crippen molar-refractivity contribution in [2.24, 2.45) is 0 Å². The Morgan fingerprint density at radius 2 is 1.69 bits per heavy atom. The number of para-hydroxylation sites is 2. The van der Waals surface area contributed by atoms with E-state index in [-0.39, 0.29) is 11.8 Å². The third kappa shape index (κ3) is 3.83. The molecule has 0 bridgehead atoms. The van der Waals surface area contributed by atoms with Crippen LogP contribution in [0.5, 0.6) is 11.5 Å². The van der Waals surface area contributed by atoms with E-state index in [4.69, 9.17) is 13.9 Å². The monoisotopic (exact) mass is 353 g/mol. The van der Waals surface area contributed by atoms with Crippen LogP contribution in [0, 0.1) is 0 Å². The van der Waals surface area contributed by atoms with Crippen LogP contribution in [-0.2, 0) is 6.42 Å². The van der Waals surface area contributed by atoms with Crippen molar-refractivity contribution in [3.63, 3.8) is 0 Å². The van der Waals surface area contributed by atoms with E-state index in [0.717, 1.165) is 11.3 Å². The molecule has 1 N–H and O–H groups in total. The quantitative estimate of drug-likeness (QED) is 0.703. The molecule has 1 aromatic heterocycles. The molecule has 0 spiro atoms. The summed E-state index contributed by atoms with van der Waals surface area (Å²) in [5.41, 5.74) is 1.64. The minimum Gasteiger partial charge on any atom is -0.496 e. The molecule has 0 unspecified atom stereocenters. The molecule has 0 radical (unpaired) electrons. The molecule has 0 atom stereocenters. The maximum atomic E-state index is 12.2. The molecular weight excluding hydrogens is 334 g/mol. The van der Waals surface area contributed by atoms with Gasteiger partial charge in [0.1, 0.15) is 11.5 Å². The van der Waals surface area contributed by atoms with Gasteiger partial charge in [0.2, 0.25) is 0 Å². The smallest absolute Gasteiger partial charge is 0.308 e. The molecule has 7 heteroatoms. The van der Waals surface area contributed by atoms with Gasteiger partial charge in [-0.05, 0) is 30.2 Å². The van der Waals surface area contributed by atoms with E-state index in [1.54, 1.807) is 26.4 Å². The molecule has 0 aliphatic heterocycles. The predicted octanol–water partition coefficient (Wildman–Crippen LogP) is 2.73. The molecule has 0 aliphatic carbocycles. The van der Waals surface area contributed by atoms with Crippen LogP contribution in [0.1, 0.15) is 16.2 Å². The fraction of sp³-hybridized carbons (Fsp3) is 0.211. The zero-order valence-corrected chi connectivity index (χ0v) is 14.6. The molecule has 2 aromatic carbocycles. The van der Waals surface area contributed by atoms with Gasteiger partial charge in [0.05, 0.1) is 19.8 Å². The van der Waals surface area contributed by atoms with Crippen molar-refractivity contribution in [2.75, 3.05) is 20.8 Å². The van der Waals surface area contributed by atoms with E-state index < -0.39 is 5.91 Å². The van der Waals surface area contributed by atoms with E-state index in [1.165, 1.54) is 0 Å². The second kappa shape index (κ2) is 8.15. The molecule has 3 rings (SSSR count). The summed E-state index contributed by atoms with van der Waals surface area (Å²) >= 11 is 0. The first kappa shape index (κ1) is 17.5. The lowest BCUT2D eigenvalue weighted by molar-refractivity contribution is 0.0920. The second-order valence-electron chi connectivity index (χ2n) is 5.43. The van der Waals surface area contributed by atoms with Crippen LogP contribution in [0.25, 0.3) is 11.5 Å². The summed E-state index contributed by atoms with van der Waals surface area (Å²) in [6, 6.07) is 14.9. The molecule has 26 heavy (non-hydrogen) atoms. The Morgan fingerprint density at radius 1 is 1.00 bits per heavy atom. The number of hydrogen-bond acceptors (Lipinski definition) is 6. The molecule has 1 amide bonds. The number of methoxy groups -OCH3 is 2. The Labute approximate surface area is 151 Å². The van der Waals surface area contributed by atoms with Crippen molar-refractivity contribution in [2.45, 2.75) is 6.42 Å². The van der Waals surface area contributed by atoms with Gasteiger partial charge in [-0.3, -0.25) is 4.79 Å². The maximum Gasteiger partial charge on any atom is 0.308 e. The lowest BCUT2D eigenvalue weighted by Gasteiger charge is -2.08. The van der Waals surface area contributed by atoms with Crippen LogP contribution < -0.4 is 14.8 Å². The molecule has 0 saturated carbocycles. The molecule has 0 fully saturated rings. The highest BCUT2D eigenvalue weighted by molar-refractivity contribution is 5.89. The summed E-state index contributed by atoms with van der Waals surface area (Å²) in [5, 5.41) is 10.5. The van der Waals surface area contributed by atoms with Crippen LogP contribution >= 0.6 is 0 Å². The summed E-state index contributed by atoms with van der Waals surface area (Å²) in [6.45, 7) is 0.422. The molecule has 134 valence electrons. The molecule has 1 heterocycles. The van der Waals surface area contributed by atoms with Crippen molar-refractivity contribution < 1.29 is 18.7 Å². The minimum atomic E-state index is -0.423. The summed E-state index contributed by atoms with van der Waals surface area (Å²) in [4.78, 5) is 12.2. The second-order valence-corrected chi connectivity index (χ2v) is 5.43. The molecule has 0 saturated heterocycles. The van der Waals surface area contributed by atoms with Crippen molar-refractivity contribution >= 4 is 5.91 Å². The standard InChI is InChI=1S/C19H19N3O4/c1-24-15-9-5-3-7-13(15)11-12-20-17(23)19-22-21-18(26-19)14-8-4-6-10-16(14)25-2/h3-10H,11-12H2,1-2H3,(H,20,23). The topological polar surface area (TPSA) is 86.5 Å². The van der Waals surface area contributed by atoms with Gasteiger partial charge in [-0.1, -0.05) is 30.3 Å². The van der Waals surface area contributed by atoms with Gasteiger partial charge in [-0.25, -0.2) is 0 Å². The number of ether oxygens (including phenoxy) is 2. The van der Waals surface area contributed by atoms with Gasteiger partial charge in [-0.15, -0.1) is 10.2 Å². The van der Waals surface area contributed by atoms with E-state index in [2.05, 4.69) is 15.5 Å². The summed E-state index contributed by atoms with van der Waals surface area (Å²) in [5.74, 6) is 1.11. The lowest BCUT2D eigenvalue weighted by Crippen LogP contribution is -2.26. The van der Waals surface area contributed by atoms with Crippen molar-refractivity contribution in [1.82, 2.24) is 15.5 Å². The average Bonchev–Trinajstić information content (AvgIpc) is 3.18. The number of rotatable bonds is 7. The van der Waals surface area contributed by atoms with E-state index in [1.807, 2.05) is 36.4 Å². The highest BCUT2D eigenvalue weighted by atomic mass is 16.5. The first-order valence-electron chi connectivity index (χ1n) is 8.10. The zero-order chi connectivity index (χ0) is 18.4. The van der Waals surface area contributed by atoms with Crippen LogP contribution in [0.4, 0.5) is 0 Å². The van der Waals surface area contributed by atoms with Gasteiger partial charge in [0, 0.05) is 6.54 Å². The number of nitrogens with zero attached hydrogens (tertiary/aromatic N) is 2. The van der Waals surface area contributed by atoms with Gasteiger partial charge < -0.3 is 19.2 Å². The number of hydrogen-bond donors (Lipinski definition) is 1. The number of nitrogens with one attached hydrogen (secondary N) is 1. The molecule has 7 nitrogen and oxygen atoms in total. The molecule has 0 aliphatic rings. The highest BCUT2D eigenvalue weighted by Gasteiger charge is 2.17. The lowest BCUT2D eigenvalue weighted by atomic mass is 10.1. The first-order chi connectivity index (χ1) is 12.7. The largest absolute Gasteiger partial charge is 0.496 e. The predicted molar refractivity (Wildman–Crippen MR) is 95.3 cm³/mol. The van der Waals surface area contributed by atoms with Crippen molar-refractivity contribution in [1.29, 1.82) is 0 Å². The summed E-state index contributed by atoms with van der Waals surface area (Å²) in [6.07, 6.45) is 0.628. The number of aromatic nitrogens is 2. The average molecular weight is 353 g/mol. The third-order valence-electron chi connectivity index (χ3n) is 3.83. The minimum absolute atomic E-state index is 0.0917. The molecule has 3 aromatic rings. The highest BCUT2D eigenvalue weighted by Crippen LogP contribution is 2.28. The Morgan fingerprint density at radius 3 is 2.46 bits per heavy atom. The summed E-state index contributed by atoms with van der Waals surface area (Å²) < 4.78 is 16.0. The third-order valence-corrected chi connectivity index (χ3v) is 3.83. The van der Waals surface area contributed by atoms with Crippen molar-refractivity contribution in [3.05, 3.63) is 60.0 Å². The Hall–Kier alpha value is -3.35. The molecular formula is C19H19N3O4. The maximum absolute atomic E-state index is 12.2. The Bertz CT molecular complexity index is 892. The van der Waals surface area contributed by atoms with Gasteiger partial charge >= 0.3 is 11.8 Å². The normalized spacial score (nSPS) is 10.4. The van der Waals surface area contributed by atoms with Gasteiger partial charge in [0.15, 0.2) is 0 Å². The number of amides is 1. The first-order valence-corrected chi connectivity index (χ1v) is 8.10. The van der Waals surface area contributed by atoms with Crippen LogP contribution in [0.2, 0.25) is 0 Å². The zero-order valence-electron chi connectivity index (χ0n) is 14.6. The SMILES string of the molecule is COc1ccccc1CCNC(=O)c1nnc(-c2ccccc2OC)o1.